The second-order valence-corrected chi connectivity index (χ2v) is 9.20. The van der Waals surface area contributed by atoms with Gasteiger partial charge in [0.25, 0.3) is 0 Å². The first-order valence-corrected chi connectivity index (χ1v) is 13.5. The molecular formula is C36H24F4S2Ti. The third-order valence-electron chi connectivity index (χ3n) is 5.40. The Bertz CT molecular complexity index is 1470. The van der Waals surface area contributed by atoms with Crippen molar-refractivity contribution < 1.29 is 39.3 Å². The van der Waals surface area contributed by atoms with E-state index in [0.717, 1.165) is 23.3 Å². The summed E-state index contributed by atoms with van der Waals surface area (Å²) in [5.41, 5.74) is 1.86. The average Bonchev–Trinajstić information content (AvgIpc) is 3.78. The van der Waals surface area contributed by atoms with Crippen molar-refractivity contribution in [2.24, 2.45) is 0 Å². The van der Waals surface area contributed by atoms with Crippen molar-refractivity contribution in [3.8, 4) is 0 Å². The minimum atomic E-state index is -0.756. The van der Waals surface area contributed by atoms with Crippen molar-refractivity contribution >= 4 is 34.2 Å². The van der Waals surface area contributed by atoms with Crippen molar-refractivity contribution in [3.05, 3.63) is 203 Å². The topological polar surface area (TPSA) is 0 Å². The molecule has 6 aromatic rings. The molecule has 6 rings (SSSR count). The van der Waals surface area contributed by atoms with Crippen LogP contribution in [0.4, 0.5) is 17.6 Å². The van der Waals surface area contributed by atoms with Crippen LogP contribution in [0.3, 0.4) is 0 Å². The maximum atomic E-state index is 13.4. The molecule has 6 aromatic carbocycles. The third-order valence-corrected chi connectivity index (χ3v) is 6.31. The van der Waals surface area contributed by atoms with E-state index >= 15 is 0 Å². The van der Waals surface area contributed by atoms with E-state index in [0.29, 0.717) is 9.73 Å². The molecule has 43 heavy (non-hydrogen) atoms. The number of hydrogen-bond acceptors (Lipinski definition) is 2. The molecule has 0 fully saturated rings. The van der Waals surface area contributed by atoms with Gasteiger partial charge in [-0.2, -0.15) is 48.5 Å². The van der Waals surface area contributed by atoms with E-state index in [4.69, 9.17) is 24.4 Å². The molecule has 0 atom stereocenters. The van der Waals surface area contributed by atoms with Crippen molar-refractivity contribution in [3.63, 3.8) is 0 Å². The fourth-order valence-electron chi connectivity index (χ4n) is 3.37. The Kier molecular flexibility index (Phi) is 16.0. The molecule has 212 valence electrons. The summed E-state index contributed by atoms with van der Waals surface area (Å²) in [7, 11) is 0. The number of rotatable bonds is 4. The number of benzene rings is 4. The van der Waals surface area contributed by atoms with E-state index < -0.39 is 23.3 Å². The van der Waals surface area contributed by atoms with E-state index in [9.17, 15) is 17.6 Å². The average molecular weight is 645 g/mol. The monoisotopic (exact) mass is 644 g/mol. The van der Waals surface area contributed by atoms with E-state index in [1.54, 1.807) is 24.3 Å². The summed E-state index contributed by atoms with van der Waals surface area (Å²) in [5, 5.41) is 0. The minimum Gasteiger partial charge on any atom is -0.236 e. The quantitative estimate of drug-likeness (QED) is 0.0616. The van der Waals surface area contributed by atoms with Crippen LogP contribution in [0.2, 0.25) is 0 Å². The van der Waals surface area contributed by atoms with Crippen LogP contribution in [0.25, 0.3) is 0 Å². The molecule has 0 aliphatic rings. The van der Waals surface area contributed by atoms with Gasteiger partial charge >= 0.3 is 21.7 Å². The second-order valence-electron chi connectivity index (χ2n) is 8.38. The van der Waals surface area contributed by atoms with Gasteiger partial charge in [0.15, 0.2) is 0 Å². The third kappa shape index (κ3) is 12.1. The summed E-state index contributed by atoms with van der Waals surface area (Å²) >= 11 is 10.3. The summed E-state index contributed by atoms with van der Waals surface area (Å²) in [6, 6.07) is 47.0. The van der Waals surface area contributed by atoms with E-state index in [1.807, 2.05) is 109 Å². The number of hydrogen-bond donors (Lipinski definition) is 0. The molecule has 0 nitrogen and oxygen atoms in total. The minimum absolute atomic E-state index is 0. The first-order valence-electron chi connectivity index (χ1n) is 12.6. The second kappa shape index (κ2) is 19.4. The molecule has 0 unspecified atom stereocenters. The molecule has 0 saturated heterocycles. The van der Waals surface area contributed by atoms with Crippen LogP contribution in [0.5, 0.6) is 0 Å². The van der Waals surface area contributed by atoms with Crippen LogP contribution in [0.1, 0.15) is 22.3 Å². The maximum absolute atomic E-state index is 13.4. The Morgan fingerprint density at radius 1 is 0.465 bits per heavy atom. The molecular weight excluding hydrogens is 620 g/mol. The van der Waals surface area contributed by atoms with Crippen molar-refractivity contribution in [1.82, 2.24) is 0 Å². The Morgan fingerprint density at radius 3 is 1.05 bits per heavy atom. The molecule has 0 aliphatic carbocycles. The van der Waals surface area contributed by atoms with E-state index in [1.165, 1.54) is 12.1 Å². The fraction of sp³-hybridized carbons (Fsp3) is 0. The summed E-state index contributed by atoms with van der Waals surface area (Å²) in [6.07, 6.45) is 0. The Labute approximate surface area is 275 Å². The van der Waals surface area contributed by atoms with Crippen LogP contribution in [-0.2, 0) is 21.7 Å². The Morgan fingerprint density at radius 2 is 0.791 bits per heavy atom. The van der Waals surface area contributed by atoms with Gasteiger partial charge < -0.3 is 0 Å². The van der Waals surface area contributed by atoms with Gasteiger partial charge in [0.05, 0.1) is 0 Å². The Balaban J connectivity index is 0.000000223. The zero-order chi connectivity index (χ0) is 30.2. The molecule has 0 aliphatic heterocycles. The molecule has 0 heterocycles. The molecule has 0 N–H and O–H groups in total. The van der Waals surface area contributed by atoms with Gasteiger partial charge in [-0.1, -0.05) is 96.2 Å². The maximum Gasteiger partial charge on any atom is 4.00 e. The predicted octanol–water partition coefficient (Wildman–Crippen LogP) is 9.87. The van der Waals surface area contributed by atoms with Crippen molar-refractivity contribution in [2.75, 3.05) is 0 Å². The normalized spacial score (nSPS) is 9.40. The van der Waals surface area contributed by atoms with Gasteiger partial charge in [0, 0.05) is 23.3 Å². The summed E-state index contributed by atoms with van der Waals surface area (Å²) in [6.45, 7) is 0. The molecule has 0 saturated carbocycles. The molecule has 0 spiro atoms. The summed E-state index contributed by atoms with van der Waals surface area (Å²) in [5.74, 6) is -2.96. The summed E-state index contributed by atoms with van der Waals surface area (Å²) < 4.78 is 52.2. The van der Waals surface area contributed by atoms with Gasteiger partial charge in [-0.15, -0.1) is 24.3 Å². The zero-order valence-electron chi connectivity index (χ0n) is 22.7. The first-order chi connectivity index (χ1) is 20.4. The van der Waals surface area contributed by atoms with Gasteiger partial charge in [-0.05, 0) is 20.9 Å². The van der Waals surface area contributed by atoms with Crippen molar-refractivity contribution in [1.29, 1.82) is 0 Å². The van der Waals surface area contributed by atoms with E-state index in [2.05, 4.69) is 0 Å². The molecule has 0 bridgehead atoms. The number of thiocarbonyl (C=S) groups is 2. The Hall–Kier alpha value is -3.81. The van der Waals surface area contributed by atoms with Gasteiger partial charge in [-0.25, -0.2) is 41.8 Å². The van der Waals surface area contributed by atoms with Crippen LogP contribution < -0.4 is 0 Å². The first kappa shape index (κ1) is 35.4. The van der Waals surface area contributed by atoms with Crippen LogP contribution >= 0.6 is 24.4 Å². The van der Waals surface area contributed by atoms with Crippen LogP contribution in [0.15, 0.2) is 146 Å². The van der Waals surface area contributed by atoms with E-state index in [-0.39, 0.29) is 32.8 Å². The smallest absolute Gasteiger partial charge is 0.236 e. The SMILES string of the molecule is Fc1[c-]c(F)c(C(=S)c2ccccc2)cc1.Fc1[c-]c(F)c(C(=S)c2ccccc2)cc1.[Ti+4].c1cc[cH-]c1.c1cc[cH-]c1. The zero-order valence-corrected chi connectivity index (χ0v) is 25.9. The van der Waals surface area contributed by atoms with Crippen molar-refractivity contribution in [2.45, 2.75) is 0 Å². The fourth-order valence-corrected chi connectivity index (χ4v) is 3.96. The van der Waals surface area contributed by atoms with Gasteiger partial charge in [0.2, 0.25) is 0 Å². The number of halogens is 4. The standard InChI is InChI=1S/2C13H7F2S.2C5H5.Ti/c2*14-10-6-7-11(12(15)8-10)13(16)9-4-2-1-3-5-9;2*1-2-4-5-3-1;/h2*1-7H;2*1-5H;/q4*-1;+4. The summed E-state index contributed by atoms with van der Waals surface area (Å²) in [4.78, 5) is 0.712. The van der Waals surface area contributed by atoms with Gasteiger partial charge in [0.1, 0.15) is 0 Å². The van der Waals surface area contributed by atoms with Gasteiger partial charge in [-0.3, -0.25) is 0 Å². The largest absolute Gasteiger partial charge is 4.00 e. The van der Waals surface area contributed by atoms with Crippen LogP contribution in [-0.4, -0.2) is 9.73 Å². The molecule has 7 heteroatoms. The molecule has 0 radical (unpaired) electrons. The molecule has 0 amide bonds. The molecule has 0 aromatic heterocycles. The predicted molar refractivity (Wildman–Crippen MR) is 169 cm³/mol. The van der Waals surface area contributed by atoms with Crippen LogP contribution in [0, 0.1) is 35.4 Å².